The third-order valence-corrected chi connectivity index (χ3v) is 4.41. The van der Waals surface area contributed by atoms with E-state index in [2.05, 4.69) is 13.8 Å². The Balaban J connectivity index is 2.38. The van der Waals surface area contributed by atoms with Crippen LogP contribution in [-0.2, 0) is 6.42 Å². The van der Waals surface area contributed by atoms with Crippen molar-refractivity contribution < 1.29 is 9.59 Å². The molecule has 0 aromatic carbocycles. The Morgan fingerprint density at radius 2 is 2.11 bits per heavy atom. The predicted octanol–water partition coefficient (Wildman–Crippen LogP) is 2.22. The number of amides is 1. The van der Waals surface area contributed by atoms with Gasteiger partial charge in [-0.05, 0) is 30.2 Å². The number of hydrogen-bond acceptors (Lipinski definition) is 4. The fourth-order valence-electron chi connectivity index (χ4n) is 2.72. The van der Waals surface area contributed by atoms with Crippen molar-refractivity contribution in [3.63, 3.8) is 0 Å². The van der Waals surface area contributed by atoms with Crippen LogP contribution in [0.4, 0.5) is 5.00 Å². The molecule has 4 nitrogen and oxygen atoms in total. The predicted molar refractivity (Wildman–Crippen MR) is 72.8 cm³/mol. The number of rotatable bonds is 3. The maximum absolute atomic E-state index is 12.1. The van der Waals surface area contributed by atoms with Gasteiger partial charge in [0.05, 0.1) is 15.4 Å². The fourth-order valence-corrected chi connectivity index (χ4v) is 3.78. The van der Waals surface area contributed by atoms with E-state index in [-0.39, 0.29) is 5.78 Å². The van der Waals surface area contributed by atoms with Gasteiger partial charge in [0, 0.05) is 6.42 Å². The zero-order chi connectivity index (χ0) is 13.4. The monoisotopic (exact) mass is 266 g/mol. The molecule has 0 aliphatic heterocycles. The lowest BCUT2D eigenvalue weighted by atomic mass is 9.81. The van der Waals surface area contributed by atoms with Gasteiger partial charge in [-0.2, -0.15) is 0 Å². The molecule has 18 heavy (non-hydrogen) atoms. The molecule has 1 unspecified atom stereocenters. The minimum absolute atomic E-state index is 0.103. The number of hydrogen-bond donors (Lipinski definition) is 2. The van der Waals surface area contributed by atoms with E-state index in [9.17, 15) is 9.59 Å². The summed E-state index contributed by atoms with van der Waals surface area (Å²) in [7, 11) is 0. The van der Waals surface area contributed by atoms with Crippen LogP contribution in [0.3, 0.4) is 0 Å². The Kier molecular flexibility index (Phi) is 3.43. The number of primary amides is 1. The van der Waals surface area contributed by atoms with E-state index in [0.29, 0.717) is 33.7 Å². The van der Waals surface area contributed by atoms with Gasteiger partial charge in [-0.15, -0.1) is 11.3 Å². The van der Waals surface area contributed by atoms with E-state index < -0.39 is 5.91 Å². The smallest absolute Gasteiger partial charge is 0.251 e. The highest BCUT2D eigenvalue weighted by Gasteiger charge is 2.32. The minimum atomic E-state index is -0.525. The number of carbonyl (C=O) groups excluding carboxylic acids is 2. The summed E-state index contributed by atoms with van der Waals surface area (Å²) in [5, 5.41) is 0.381. The first-order chi connectivity index (χ1) is 8.40. The Labute approximate surface area is 110 Å². The van der Waals surface area contributed by atoms with Crippen LogP contribution in [0.1, 0.15) is 52.3 Å². The molecule has 1 amide bonds. The first-order valence-corrected chi connectivity index (χ1v) is 6.96. The molecule has 1 atom stereocenters. The highest BCUT2D eigenvalue weighted by atomic mass is 32.1. The number of ketones is 1. The van der Waals surface area contributed by atoms with Crippen molar-refractivity contribution in [2.24, 2.45) is 17.6 Å². The van der Waals surface area contributed by atoms with E-state index in [1.54, 1.807) is 0 Å². The number of nitrogens with two attached hydrogens (primary N) is 2. The zero-order valence-corrected chi connectivity index (χ0v) is 11.5. The lowest BCUT2D eigenvalue weighted by molar-refractivity contribution is 0.0947. The van der Waals surface area contributed by atoms with E-state index in [4.69, 9.17) is 11.5 Å². The van der Waals surface area contributed by atoms with E-state index in [1.165, 1.54) is 11.3 Å². The standard InChI is InChI=1S/C13H18N2O2S/c1-6(2)3-7-4-8-10(12(14)17)13(15)18-11(8)9(16)5-7/h6-7H,3-5,15H2,1-2H3,(H2,14,17). The highest BCUT2D eigenvalue weighted by Crippen LogP contribution is 2.39. The molecule has 0 fully saturated rings. The number of fused-ring (bicyclic) bond motifs is 1. The van der Waals surface area contributed by atoms with Gasteiger partial charge in [-0.25, -0.2) is 0 Å². The van der Waals surface area contributed by atoms with E-state index in [1.807, 2.05) is 0 Å². The van der Waals surface area contributed by atoms with Crippen molar-refractivity contribution >= 4 is 28.0 Å². The van der Waals surface area contributed by atoms with Crippen molar-refractivity contribution in [3.8, 4) is 0 Å². The summed E-state index contributed by atoms with van der Waals surface area (Å²) in [5.74, 6) is 0.420. The normalized spacial score (nSPS) is 19.1. The van der Waals surface area contributed by atoms with Crippen molar-refractivity contribution in [2.75, 3.05) is 5.73 Å². The topological polar surface area (TPSA) is 86.2 Å². The summed E-state index contributed by atoms with van der Waals surface area (Å²) in [6.07, 6.45) is 2.29. The Hall–Kier alpha value is -1.36. The van der Waals surface area contributed by atoms with Crippen LogP contribution < -0.4 is 11.5 Å². The Bertz CT molecular complexity index is 505. The molecule has 0 spiro atoms. The second-order valence-electron chi connectivity index (χ2n) is 5.34. The second kappa shape index (κ2) is 4.72. The van der Waals surface area contributed by atoms with E-state index in [0.717, 1.165) is 18.4 Å². The average molecular weight is 266 g/mol. The quantitative estimate of drug-likeness (QED) is 0.879. The summed E-state index contributed by atoms with van der Waals surface area (Å²) >= 11 is 1.20. The summed E-state index contributed by atoms with van der Waals surface area (Å²) in [6, 6.07) is 0. The summed E-state index contributed by atoms with van der Waals surface area (Å²) in [4.78, 5) is 24.1. The molecule has 5 heteroatoms. The van der Waals surface area contributed by atoms with Crippen LogP contribution in [0.5, 0.6) is 0 Å². The molecule has 1 aliphatic rings. The number of Topliss-reactive ketones (excluding diaryl/α,β-unsaturated/α-hetero) is 1. The van der Waals surface area contributed by atoms with E-state index >= 15 is 0 Å². The molecule has 0 saturated heterocycles. The number of carbonyl (C=O) groups is 2. The molecular formula is C13H18N2O2S. The maximum Gasteiger partial charge on any atom is 0.251 e. The van der Waals surface area contributed by atoms with Crippen LogP contribution in [0.15, 0.2) is 0 Å². The van der Waals surface area contributed by atoms with Gasteiger partial charge in [0.25, 0.3) is 5.91 Å². The number of thiophene rings is 1. The fraction of sp³-hybridized carbons (Fsp3) is 0.538. The molecule has 0 bridgehead atoms. The average Bonchev–Trinajstić information content (AvgIpc) is 2.53. The lowest BCUT2D eigenvalue weighted by Gasteiger charge is -2.23. The van der Waals surface area contributed by atoms with Gasteiger partial charge >= 0.3 is 0 Å². The van der Waals surface area contributed by atoms with Crippen LogP contribution in [-0.4, -0.2) is 11.7 Å². The first kappa shape index (κ1) is 13.1. The zero-order valence-electron chi connectivity index (χ0n) is 10.7. The summed E-state index contributed by atoms with van der Waals surface area (Å²) in [5.41, 5.74) is 12.3. The van der Waals surface area contributed by atoms with Crippen LogP contribution in [0.2, 0.25) is 0 Å². The highest BCUT2D eigenvalue weighted by molar-refractivity contribution is 7.18. The van der Waals surface area contributed by atoms with Gasteiger partial charge in [-0.3, -0.25) is 9.59 Å². The molecule has 1 aromatic rings. The van der Waals surface area contributed by atoms with Gasteiger partial charge in [-0.1, -0.05) is 13.8 Å². The lowest BCUT2D eigenvalue weighted by Crippen LogP contribution is -2.23. The van der Waals surface area contributed by atoms with Crippen molar-refractivity contribution in [1.82, 2.24) is 0 Å². The molecule has 1 aliphatic carbocycles. The largest absolute Gasteiger partial charge is 0.390 e. The van der Waals surface area contributed by atoms with Crippen LogP contribution >= 0.6 is 11.3 Å². The van der Waals surface area contributed by atoms with Gasteiger partial charge in [0.1, 0.15) is 0 Å². The Morgan fingerprint density at radius 1 is 1.44 bits per heavy atom. The second-order valence-corrected chi connectivity index (χ2v) is 6.39. The van der Waals surface area contributed by atoms with Gasteiger partial charge in [0.2, 0.25) is 0 Å². The minimum Gasteiger partial charge on any atom is -0.390 e. The third-order valence-electron chi connectivity index (χ3n) is 3.31. The van der Waals surface area contributed by atoms with Gasteiger partial charge in [0.15, 0.2) is 5.78 Å². The van der Waals surface area contributed by atoms with Crippen molar-refractivity contribution in [1.29, 1.82) is 0 Å². The molecule has 98 valence electrons. The molecule has 1 heterocycles. The van der Waals surface area contributed by atoms with Crippen LogP contribution in [0, 0.1) is 11.8 Å². The number of nitrogen functional groups attached to an aromatic ring is 1. The number of anilines is 1. The van der Waals surface area contributed by atoms with Crippen molar-refractivity contribution in [2.45, 2.75) is 33.1 Å². The molecular weight excluding hydrogens is 248 g/mol. The molecule has 0 radical (unpaired) electrons. The summed E-state index contributed by atoms with van der Waals surface area (Å²) in [6.45, 7) is 4.27. The molecule has 1 aromatic heterocycles. The first-order valence-electron chi connectivity index (χ1n) is 6.14. The summed E-state index contributed by atoms with van der Waals surface area (Å²) < 4.78 is 0. The van der Waals surface area contributed by atoms with Gasteiger partial charge < -0.3 is 11.5 Å². The third kappa shape index (κ3) is 2.27. The van der Waals surface area contributed by atoms with Crippen molar-refractivity contribution in [3.05, 3.63) is 16.0 Å². The Morgan fingerprint density at radius 3 is 2.67 bits per heavy atom. The maximum atomic E-state index is 12.1. The van der Waals surface area contributed by atoms with Crippen LogP contribution in [0.25, 0.3) is 0 Å². The molecule has 0 saturated carbocycles. The SMILES string of the molecule is CC(C)CC1CC(=O)c2sc(N)c(C(N)=O)c2C1. The molecule has 2 rings (SSSR count). The molecule has 4 N–H and O–H groups in total.